The average molecular weight is 610 g/mol. The van der Waals surface area contributed by atoms with E-state index in [0.717, 1.165) is 11.1 Å². The monoisotopic (exact) mass is 608 g/mol. The zero-order chi connectivity index (χ0) is 28.1. The third-order valence-corrected chi connectivity index (χ3v) is 8.71. The number of hydrogen-bond acceptors (Lipinski definition) is 6. The summed E-state index contributed by atoms with van der Waals surface area (Å²) in [5.74, 6) is -0.206. The van der Waals surface area contributed by atoms with E-state index < -0.39 is 10.1 Å². The van der Waals surface area contributed by atoms with Crippen LogP contribution in [0, 0.1) is 0 Å². The standard InChI is InChI=1S/C30H22Cl2N2O4S2/c31-24-12-14-25(15-13-24)40(36,37)38-27-16-11-23(17-26(27)32)18-28-29(35)34(20-22-9-5-2-6-10-22)30(39-28)33-19-21-7-3-1-4-8-21/h1-18H,19-20H2/b28-18+,33-30?. The number of amidine groups is 1. The largest absolute Gasteiger partial charge is 0.377 e. The lowest BCUT2D eigenvalue weighted by molar-refractivity contribution is -0.122. The van der Waals surface area contributed by atoms with Crippen LogP contribution in [0.3, 0.4) is 0 Å². The second kappa shape index (κ2) is 12.3. The topological polar surface area (TPSA) is 76.0 Å². The van der Waals surface area contributed by atoms with Crippen molar-refractivity contribution in [3.8, 4) is 5.75 Å². The van der Waals surface area contributed by atoms with Crippen molar-refractivity contribution >= 4 is 62.2 Å². The number of aliphatic imine (C=N–C) groups is 1. The molecule has 0 aliphatic carbocycles. The van der Waals surface area contributed by atoms with E-state index in [1.165, 1.54) is 42.1 Å². The molecular formula is C30H22Cl2N2O4S2. The summed E-state index contributed by atoms with van der Waals surface area (Å²) in [6, 6.07) is 29.8. The van der Waals surface area contributed by atoms with Crippen LogP contribution >= 0.6 is 35.0 Å². The molecule has 0 saturated carbocycles. The Hall–Kier alpha value is -3.56. The Balaban J connectivity index is 1.39. The Morgan fingerprint density at radius 2 is 1.50 bits per heavy atom. The van der Waals surface area contributed by atoms with Crippen LogP contribution in [-0.2, 0) is 28.0 Å². The van der Waals surface area contributed by atoms with Crippen LogP contribution in [0.4, 0.5) is 0 Å². The van der Waals surface area contributed by atoms with Gasteiger partial charge in [-0.1, -0.05) is 89.9 Å². The van der Waals surface area contributed by atoms with Gasteiger partial charge in [-0.3, -0.25) is 14.7 Å². The van der Waals surface area contributed by atoms with Crippen molar-refractivity contribution in [3.05, 3.63) is 135 Å². The maximum Gasteiger partial charge on any atom is 0.339 e. The third kappa shape index (κ3) is 6.77. The summed E-state index contributed by atoms with van der Waals surface area (Å²) < 4.78 is 30.6. The smallest absolute Gasteiger partial charge is 0.339 e. The summed E-state index contributed by atoms with van der Waals surface area (Å²) in [5.41, 5.74) is 2.63. The van der Waals surface area contributed by atoms with Crippen molar-refractivity contribution in [2.45, 2.75) is 18.0 Å². The molecule has 0 N–H and O–H groups in total. The van der Waals surface area contributed by atoms with E-state index in [9.17, 15) is 13.2 Å². The summed E-state index contributed by atoms with van der Waals surface area (Å²) in [6.45, 7) is 0.822. The Morgan fingerprint density at radius 1 is 0.850 bits per heavy atom. The predicted molar refractivity (Wildman–Crippen MR) is 161 cm³/mol. The quantitative estimate of drug-likeness (QED) is 0.153. The van der Waals surface area contributed by atoms with E-state index in [1.54, 1.807) is 23.1 Å². The van der Waals surface area contributed by atoms with Crippen LogP contribution < -0.4 is 4.18 Å². The first-order valence-electron chi connectivity index (χ1n) is 12.1. The van der Waals surface area contributed by atoms with Crippen LogP contribution in [0.5, 0.6) is 5.75 Å². The van der Waals surface area contributed by atoms with Gasteiger partial charge < -0.3 is 4.18 Å². The van der Waals surface area contributed by atoms with E-state index in [1.807, 2.05) is 60.7 Å². The molecule has 0 spiro atoms. The van der Waals surface area contributed by atoms with Gasteiger partial charge in [0.15, 0.2) is 10.9 Å². The molecule has 6 nitrogen and oxygen atoms in total. The second-order valence-corrected chi connectivity index (χ2v) is 12.2. The molecule has 0 radical (unpaired) electrons. The molecule has 4 aromatic carbocycles. The lowest BCUT2D eigenvalue weighted by Crippen LogP contribution is -2.28. The molecular weight excluding hydrogens is 587 g/mol. The molecule has 4 aromatic rings. The third-order valence-electron chi connectivity index (χ3n) is 5.87. The minimum Gasteiger partial charge on any atom is -0.377 e. The predicted octanol–water partition coefficient (Wildman–Crippen LogP) is 7.43. The minimum atomic E-state index is -4.11. The Bertz CT molecular complexity index is 1690. The normalized spacial score (nSPS) is 15.7. The van der Waals surface area contributed by atoms with Gasteiger partial charge in [-0.2, -0.15) is 8.42 Å². The highest BCUT2D eigenvalue weighted by molar-refractivity contribution is 8.18. The average Bonchev–Trinajstić information content (AvgIpc) is 3.24. The van der Waals surface area contributed by atoms with E-state index in [2.05, 4.69) is 0 Å². The fourth-order valence-corrected chi connectivity index (χ4v) is 6.19. The molecule has 5 rings (SSSR count). The molecule has 0 bridgehead atoms. The number of thioether (sulfide) groups is 1. The number of rotatable bonds is 8. The van der Waals surface area contributed by atoms with Gasteiger partial charge in [-0.15, -0.1) is 0 Å². The van der Waals surface area contributed by atoms with Crippen LogP contribution in [0.2, 0.25) is 10.0 Å². The first-order chi connectivity index (χ1) is 19.3. The highest BCUT2D eigenvalue weighted by Gasteiger charge is 2.33. The molecule has 1 heterocycles. The zero-order valence-electron chi connectivity index (χ0n) is 20.9. The van der Waals surface area contributed by atoms with Crippen LogP contribution in [0.1, 0.15) is 16.7 Å². The van der Waals surface area contributed by atoms with Gasteiger partial charge >= 0.3 is 10.1 Å². The van der Waals surface area contributed by atoms with Gasteiger partial charge in [0.2, 0.25) is 0 Å². The minimum absolute atomic E-state index is 0.0278. The summed E-state index contributed by atoms with van der Waals surface area (Å²) >= 11 is 13.5. The maximum absolute atomic E-state index is 13.5. The van der Waals surface area contributed by atoms with Crippen LogP contribution in [-0.4, -0.2) is 24.4 Å². The molecule has 1 fully saturated rings. The van der Waals surface area contributed by atoms with Crippen molar-refractivity contribution in [2.24, 2.45) is 4.99 Å². The number of amides is 1. The highest BCUT2D eigenvalue weighted by Crippen LogP contribution is 2.36. The van der Waals surface area contributed by atoms with Crippen LogP contribution in [0.15, 0.2) is 118 Å². The zero-order valence-corrected chi connectivity index (χ0v) is 24.1. The van der Waals surface area contributed by atoms with Crippen molar-refractivity contribution in [3.63, 3.8) is 0 Å². The van der Waals surface area contributed by atoms with Gasteiger partial charge in [0, 0.05) is 5.02 Å². The fraction of sp³-hybridized carbons (Fsp3) is 0.0667. The summed E-state index contributed by atoms with van der Waals surface area (Å²) in [7, 11) is -4.11. The number of hydrogen-bond donors (Lipinski definition) is 0. The van der Waals surface area contributed by atoms with Crippen molar-refractivity contribution in [1.29, 1.82) is 0 Å². The number of nitrogens with zero attached hydrogens (tertiary/aromatic N) is 2. The van der Waals surface area contributed by atoms with Gasteiger partial charge in [-0.25, -0.2) is 0 Å². The summed E-state index contributed by atoms with van der Waals surface area (Å²) in [4.78, 5) is 20.3. The van der Waals surface area contributed by atoms with Crippen molar-refractivity contribution in [2.75, 3.05) is 0 Å². The van der Waals surface area contributed by atoms with Crippen molar-refractivity contribution in [1.82, 2.24) is 4.90 Å². The molecule has 10 heteroatoms. The summed E-state index contributed by atoms with van der Waals surface area (Å²) in [5, 5.41) is 1.09. The molecule has 0 unspecified atom stereocenters. The van der Waals surface area contributed by atoms with Gasteiger partial charge in [0.25, 0.3) is 5.91 Å². The van der Waals surface area contributed by atoms with Crippen LogP contribution in [0.25, 0.3) is 6.08 Å². The van der Waals surface area contributed by atoms with Gasteiger partial charge in [0.1, 0.15) is 4.90 Å². The van der Waals surface area contributed by atoms with E-state index in [0.29, 0.717) is 33.7 Å². The lowest BCUT2D eigenvalue weighted by atomic mass is 10.2. The van der Waals surface area contributed by atoms with Gasteiger partial charge in [-0.05, 0) is 70.9 Å². The summed E-state index contributed by atoms with van der Waals surface area (Å²) in [6.07, 6.45) is 1.71. The number of carbonyl (C=O) groups is 1. The molecule has 202 valence electrons. The molecule has 1 aliphatic rings. The first-order valence-corrected chi connectivity index (χ1v) is 15.1. The number of carbonyl (C=O) groups excluding carboxylic acids is 1. The molecule has 1 amide bonds. The van der Waals surface area contributed by atoms with Crippen molar-refractivity contribution < 1.29 is 17.4 Å². The molecule has 0 atom stereocenters. The first kappa shape index (κ1) is 28.0. The number of halogens is 2. The Labute approximate surface area is 247 Å². The fourth-order valence-electron chi connectivity index (χ4n) is 3.87. The maximum atomic E-state index is 13.5. The van der Waals surface area contributed by atoms with E-state index in [4.69, 9.17) is 32.4 Å². The SMILES string of the molecule is O=C1/C(=C\c2ccc(OS(=O)(=O)c3ccc(Cl)cc3)c(Cl)c2)SC(=NCc2ccccc2)N1Cc1ccccc1. The molecule has 1 saturated heterocycles. The molecule has 40 heavy (non-hydrogen) atoms. The second-order valence-electron chi connectivity index (χ2n) is 8.75. The Kier molecular flexibility index (Phi) is 8.61. The van der Waals surface area contributed by atoms with Gasteiger partial charge in [0.05, 0.1) is 23.0 Å². The van der Waals surface area contributed by atoms with E-state index >= 15 is 0 Å². The Morgan fingerprint density at radius 3 is 2.15 bits per heavy atom. The molecule has 1 aliphatic heterocycles. The number of benzene rings is 4. The van der Waals surface area contributed by atoms with E-state index in [-0.39, 0.29) is 21.6 Å². The molecule has 0 aromatic heterocycles. The highest BCUT2D eigenvalue weighted by atomic mass is 35.5. The lowest BCUT2D eigenvalue weighted by Gasteiger charge is -2.15.